The number of amides is 2. The topological polar surface area (TPSA) is 121 Å². The number of nitrogens with two attached hydrogens (primary N) is 1. The summed E-state index contributed by atoms with van der Waals surface area (Å²) in [6, 6.07) is -0.897. The van der Waals surface area contributed by atoms with Crippen LogP contribution < -0.4 is 11.1 Å². The van der Waals surface area contributed by atoms with E-state index in [0.29, 0.717) is 5.69 Å². The van der Waals surface area contributed by atoms with Crippen LogP contribution in [0.2, 0.25) is 0 Å². The minimum Gasteiger partial charge on any atom is -0.465 e. The van der Waals surface area contributed by atoms with Crippen LogP contribution in [0.15, 0.2) is 12.5 Å². The number of carbonyl (C=O) groups excluding carboxylic acids is 1. The van der Waals surface area contributed by atoms with Crippen molar-refractivity contribution in [2.45, 2.75) is 12.5 Å². The predicted molar refractivity (Wildman–Crippen MR) is 46.4 cm³/mol. The largest absolute Gasteiger partial charge is 0.465 e. The molecular formula is C7H10N4O3. The van der Waals surface area contributed by atoms with E-state index in [1.807, 2.05) is 0 Å². The molecule has 14 heavy (non-hydrogen) atoms. The first kappa shape index (κ1) is 10.2. The van der Waals surface area contributed by atoms with Crippen molar-refractivity contribution in [2.75, 3.05) is 0 Å². The fourth-order valence-electron chi connectivity index (χ4n) is 0.924. The zero-order valence-corrected chi connectivity index (χ0v) is 7.23. The lowest BCUT2D eigenvalue weighted by Gasteiger charge is -2.07. The van der Waals surface area contributed by atoms with Crippen molar-refractivity contribution in [2.24, 2.45) is 5.73 Å². The molecular weight excluding hydrogens is 188 g/mol. The number of aromatic nitrogens is 2. The molecule has 0 fully saturated rings. The van der Waals surface area contributed by atoms with Crippen LogP contribution in [-0.4, -0.2) is 33.1 Å². The number of aromatic amines is 1. The second-order valence-corrected chi connectivity index (χ2v) is 2.68. The summed E-state index contributed by atoms with van der Waals surface area (Å²) in [7, 11) is 0. The third-order valence-corrected chi connectivity index (χ3v) is 1.56. The van der Waals surface area contributed by atoms with Crippen LogP contribution in [0.1, 0.15) is 5.69 Å². The summed E-state index contributed by atoms with van der Waals surface area (Å²) in [5.74, 6) is -0.730. The molecule has 1 aromatic rings. The first-order valence-corrected chi connectivity index (χ1v) is 3.86. The number of rotatable bonds is 3. The van der Waals surface area contributed by atoms with Gasteiger partial charge in [0.1, 0.15) is 0 Å². The molecule has 76 valence electrons. The highest BCUT2D eigenvalue weighted by Gasteiger charge is 2.16. The molecule has 0 saturated carbocycles. The zero-order chi connectivity index (χ0) is 10.6. The molecule has 0 saturated heterocycles. The number of hydrogen-bond donors (Lipinski definition) is 4. The normalized spacial score (nSPS) is 12.1. The van der Waals surface area contributed by atoms with Gasteiger partial charge in [0.2, 0.25) is 5.91 Å². The second-order valence-electron chi connectivity index (χ2n) is 2.68. The van der Waals surface area contributed by atoms with Gasteiger partial charge in [-0.25, -0.2) is 9.78 Å². The number of H-pyrrole nitrogens is 1. The Hall–Kier alpha value is -1.89. The first-order chi connectivity index (χ1) is 6.59. The Morgan fingerprint density at radius 2 is 2.43 bits per heavy atom. The summed E-state index contributed by atoms with van der Waals surface area (Å²) in [5, 5.41) is 9.92. The van der Waals surface area contributed by atoms with Crippen LogP contribution in [0.3, 0.4) is 0 Å². The summed E-state index contributed by atoms with van der Waals surface area (Å²) in [5.41, 5.74) is 6.11. The van der Waals surface area contributed by atoms with Crippen LogP contribution in [-0.2, 0) is 11.2 Å². The molecule has 0 unspecified atom stereocenters. The van der Waals surface area contributed by atoms with E-state index < -0.39 is 18.0 Å². The van der Waals surface area contributed by atoms with E-state index in [0.717, 1.165) is 0 Å². The molecule has 0 spiro atoms. The Labute approximate surface area is 79.3 Å². The number of nitrogens with one attached hydrogen (secondary N) is 2. The summed E-state index contributed by atoms with van der Waals surface area (Å²) < 4.78 is 0. The number of imidazole rings is 1. The fourth-order valence-corrected chi connectivity index (χ4v) is 0.924. The Balaban J connectivity index is 2.46. The van der Waals surface area contributed by atoms with Gasteiger partial charge in [-0.2, -0.15) is 0 Å². The molecule has 0 aliphatic carbocycles. The molecule has 0 bridgehead atoms. The van der Waals surface area contributed by atoms with Gasteiger partial charge in [0.15, 0.2) is 0 Å². The Morgan fingerprint density at radius 1 is 1.71 bits per heavy atom. The minimum atomic E-state index is -1.41. The van der Waals surface area contributed by atoms with E-state index in [9.17, 15) is 9.59 Å². The second kappa shape index (κ2) is 4.38. The van der Waals surface area contributed by atoms with Crippen LogP contribution in [0, 0.1) is 0 Å². The van der Waals surface area contributed by atoms with Crippen molar-refractivity contribution >= 4 is 12.0 Å². The van der Waals surface area contributed by atoms with Gasteiger partial charge in [-0.3, -0.25) is 10.1 Å². The lowest BCUT2D eigenvalue weighted by atomic mass is 10.2. The molecule has 0 aromatic carbocycles. The molecule has 7 nitrogen and oxygen atoms in total. The summed E-state index contributed by atoms with van der Waals surface area (Å²) in [6.07, 6.45) is 1.79. The van der Waals surface area contributed by atoms with E-state index in [2.05, 4.69) is 9.97 Å². The maximum atomic E-state index is 11.0. The van der Waals surface area contributed by atoms with Crippen LogP contribution >= 0.6 is 0 Å². The van der Waals surface area contributed by atoms with Gasteiger partial charge in [-0.15, -0.1) is 0 Å². The molecule has 1 heterocycles. The highest BCUT2D eigenvalue weighted by atomic mass is 16.4. The van der Waals surface area contributed by atoms with Gasteiger partial charge >= 0.3 is 6.09 Å². The van der Waals surface area contributed by atoms with E-state index in [1.165, 1.54) is 12.5 Å². The third kappa shape index (κ3) is 2.87. The molecule has 1 aromatic heterocycles. The average Bonchev–Trinajstić information content (AvgIpc) is 2.55. The maximum Gasteiger partial charge on any atom is 0.411 e. The summed E-state index contributed by atoms with van der Waals surface area (Å²) >= 11 is 0. The molecule has 2 amide bonds. The van der Waals surface area contributed by atoms with Crippen molar-refractivity contribution < 1.29 is 14.7 Å². The van der Waals surface area contributed by atoms with Crippen LogP contribution in [0.4, 0.5) is 4.79 Å². The van der Waals surface area contributed by atoms with Gasteiger partial charge in [-0.1, -0.05) is 0 Å². The minimum absolute atomic E-state index is 0.221. The molecule has 7 heteroatoms. The Morgan fingerprint density at radius 3 is 2.93 bits per heavy atom. The van der Waals surface area contributed by atoms with E-state index in [4.69, 9.17) is 10.8 Å². The van der Waals surface area contributed by atoms with Gasteiger partial charge < -0.3 is 15.8 Å². The molecule has 1 atom stereocenters. The monoisotopic (exact) mass is 198 g/mol. The third-order valence-electron chi connectivity index (χ3n) is 1.56. The van der Waals surface area contributed by atoms with Crippen LogP contribution in [0.5, 0.6) is 0 Å². The smallest absolute Gasteiger partial charge is 0.411 e. The molecule has 5 N–H and O–H groups in total. The number of imide groups is 1. The SMILES string of the molecule is N[C@@H](Cc1cnc[nH]1)C(=O)NC(=O)O. The number of hydrogen-bond acceptors (Lipinski definition) is 4. The molecule has 0 aliphatic heterocycles. The lowest BCUT2D eigenvalue weighted by molar-refractivity contribution is -0.121. The van der Waals surface area contributed by atoms with Crippen molar-refractivity contribution in [1.82, 2.24) is 15.3 Å². The zero-order valence-electron chi connectivity index (χ0n) is 7.23. The van der Waals surface area contributed by atoms with Crippen molar-refractivity contribution in [3.63, 3.8) is 0 Å². The summed E-state index contributed by atoms with van der Waals surface area (Å²) in [4.78, 5) is 27.6. The average molecular weight is 198 g/mol. The quantitative estimate of drug-likeness (QED) is 0.500. The summed E-state index contributed by atoms with van der Waals surface area (Å²) in [6.45, 7) is 0. The highest BCUT2D eigenvalue weighted by molar-refractivity contribution is 5.94. The van der Waals surface area contributed by atoms with E-state index in [1.54, 1.807) is 5.32 Å². The van der Waals surface area contributed by atoms with Crippen molar-refractivity contribution in [3.05, 3.63) is 18.2 Å². The van der Waals surface area contributed by atoms with E-state index in [-0.39, 0.29) is 6.42 Å². The fraction of sp³-hybridized carbons (Fsp3) is 0.286. The standard InChI is InChI=1S/C7H10N4O3/c8-5(6(12)11-7(13)14)1-4-2-9-3-10-4/h2-3,5H,1,8H2,(H,9,10)(H,11,12)(H,13,14)/t5-/m0/s1. The lowest BCUT2D eigenvalue weighted by Crippen LogP contribution is -2.44. The van der Waals surface area contributed by atoms with Gasteiger partial charge in [0, 0.05) is 18.3 Å². The van der Waals surface area contributed by atoms with Gasteiger partial charge in [0.25, 0.3) is 0 Å². The van der Waals surface area contributed by atoms with Crippen molar-refractivity contribution in [1.29, 1.82) is 0 Å². The molecule has 0 aliphatic rings. The predicted octanol–water partition coefficient (Wildman–Crippen LogP) is -0.926. The molecule has 0 radical (unpaired) electrons. The van der Waals surface area contributed by atoms with E-state index >= 15 is 0 Å². The van der Waals surface area contributed by atoms with Crippen LogP contribution in [0.25, 0.3) is 0 Å². The number of carboxylic acid groups (broad SMARTS) is 1. The van der Waals surface area contributed by atoms with Crippen molar-refractivity contribution in [3.8, 4) is 0 Å². The number of nitrogens with zero attached hydrogens (tertiary/aromatic N) is 1. The van der Waals surface area contributed by atoms with Gasteiger partial charge in [-0.05, 0) is 0 Å². The maximum absolute atomic E-state index is 11.0. The Kier molecular flexibility index (Phi) is 3.19. The van der Waals surface area contributed by atoms with Gasteiger partial charge in [0.05, 0.1) is 12.4 Å². The molecule has 1 rings (SSSR count). The Bertz CT molecular complexity index is 322. The first-order valence-electron chi connectivity index (χ1n) is 3.86. The number of carbonyl (C=O) groups is 2. The highest BCUT2D eigenvalue weighted by Crippen LogP contribution is 1.95.